The lowest BCUT2D eigenvalue weighted by Crippen LogP contribution is -2.59. The molecule has 10 heteroatoms. The molecule has 0 aromatic carbocycles. The molecule has 0 amide bonds. The maximum atomic E-state index is 12.8. The number of carbonyl (C=O) groups is 2. The monoisotopic (exact) mass is 921 g/mol. The van der Waals surface area contributed by atoms with Crippen molar-refractivity contribution in [3.63, 3.8) is 0 Å². The van der Waals surface area contributed by atoms with Gasteiger partial charge in [0.25, 0.3) is 0 Å². The molecule has 0 radical (unpaired) electrons. The van der Waals surface area contributed by atoms with Crippen molar-refractivity contribution in [2.45, 2.75) is 282 Å². The predicted octanol–water partition coefficient (Wildman–Crippen LogP) is 13.0. The molecule has 6 unspecified atom stereocenters. The Balaban J connectivity index is 2.22. The highest BCUT2D eigenvalue weighted by molar-refractivity contribution is 5.70. The van der Waals surface area contributed by atoms with Crippen molar-refractivity contribution in [1.82, 2.24) is 0 Å². The van der Waals surface area contributed by atoms with Gasteiger partial charge >= 0.3 is 11.9 Å². The zero-order chi connectivity index (χ0) is 47.3. The number of unbranched alkanes of at least 4 members (excludes halogenated alkanes) is 29. The lowest BCUT2D eigenvalue weighted by molar-refractivity contribution is -0.305. The summed E-state index contributed by atoms with van der Waals surface area (Å²) in [4.78, 5) is 25.5. The van der Waals surface area contributed by atoms with E-state index in [4.69, 9.17) is 18.9 Å². The van der Waals surface area contributed by atoms with E-state index in [9.17, 15) is 30.0 Å². The van der Waals surface area contributed by atoms with E-state index in [1.807, 2.05) is 0 Å². The summed E-state index contributed by atoms with van der Waals surface area (Å²) in [5.41, 5.74) is 0. The average Bonchev–Trinajstić information content (AvgIpc) is 3.30. The van der Waals surface area contributed by atoms with Crippen LogP contribution in [0, 0.1) is 0 Å². The SMILES string of the molecule is CCCCC/C=C\C/C=C\CCCCCCCCCC(=O)OC(COC(=O)CCCCCCCCCCCCC/C=C\CCCCCCCCCC)COC1OC(CO)C(O)C(O)C1O. The van der Waals surface area contributed by atoms with Crippen LogP contribution in [-0.2, 0) is 28.5 Å². The lowest BCUT2D eigenvalue weighted by atomic mass is 9.99. The van der Waals surface area contributed by atoms with Crippen LogP contribution in [0.3, 0.4) is 0 Å². The fourth-order valence-electron chi connectivity index (χ4n) is 8.21. The summed E-state index contributed by atoms with van der Waals surface area (Å²) in [7, 11) is 0. The third-order valence-electron chi connectivity index (χ3n) is 12.5. The fraction of sp³-hybridized carbons (Fsp3) is 0.855. The fourth-order valence-corrected chi connectivity index (χ4v) is 8.21. The normalized spacial score (nSPS) is 19.5. The first kappa shape index (κ1) is 60.9. The maximum Gasteiger partial charge on any atom is 0.306 e. The molecular formula is C55H100O10. The minimum absolute atomic E-state index is 0.219. The molecular weight excluding hydrogens is 821 g/mol. The van der Waals surface area contributed by atoms with Gasteiger partial charge < -0.3 is 39.4 Å². The first-order chi connectivity index (χ1) is 31.8. The van der Waals surface area contributed by atoms with E-state index in [0.29, 0.717) is 6.42 Å². The molecule has 4 N–H and O–H groups in total. The first-order valence-electron chi connectivity index (χ1n) is 27.1. The zero-order valence-electron chi connectivity index (χ0n) is 41.7. The molecule has 380 valence electrons. The highest BCUT2D eigenvalue weighted by Gasteiger charge is 2.44. The molecule has 1 fully saturated rings. The molecule has 0 aliphatic carbocycles. The Kier molecular flexibility index (Phi) is 42.8. The number of rotatable bonds is 46. The number of aliphatic hydroxyl groups excluding tert-OH is 4. The molecule has 0 saturated carbocycles. The van der Waals surface area contributed by atoms with Crippen molar-refractivity contribution in [1.29, 1.82) is 0 Å². The molecule has 0 aromatic heterocycles. The highest BCUT2D eigenvalue weighted by Crippen LogP contribution is 2.23. The van der Waals surface area contributed by atoms with Crippen molar-refractivity contribution in [2.24, 2.45) is 0 Å². The van der Waals surface area contributed by atoms with E-state index in [2.05, 4.69) is 50.3 Å². The summed E-state index contributed by atoms with van der Waals surface area (Å²) in [5.74, 6) is -0.808. The summed E-state index contributed by atoms with van der Waals surface area (Å²) < 4.78 is 22.3. The molecule has 6 atom stereocenters. The van der Waals surface area contributed by atoms with Gasteiger partial charge in [-0.2, -0.15) is 0 Å². The summed E-state index contributed by atoms with van der Waals surface area (Å²) in [5, 5.41) is 40.2. The van der Waals surface area contributed by atoms with Crippen molar-refractivity contribution < 1.29 is 49.0 Å². The molecule has 65 heavy (non-hydrogen) atoms. The number of esters is 2. The molecule has 1 rings (SSSR count). The Labute approximate surface area is 397 Å². The summed E-state index contributed by atoms with van der Waals surface area (Å²) in [6.07, 6.45) is 47.2. The van der Waals surface area contributed by atoms with Crippen molar-refractivity contribution >= 4 is 11.9 Å². The summed E-state index contributed by atoms with van der Waals surface area (Å²) in [6, 6.07) is 0. The number of carbonyl (C=O) groups excluding carboxylic acids is 2. The number of hydrogen-bond acceptors (Lipinski definition) is 10. The van der Waals surface area contributed by atoms with Gasteiger partial charge in [-0.05, 0) is 70.6 Å². The molecule has 0 bridgehead atoms. The van der Waals surface area contributed by atoms with Crippen molar-refractivity contribution in [3.8, 4) is 0 Å². The minimum atomic E-state index is -1.60. The second kappa shape index (κ2) is 45.7. The van der Waals surface area contributed by atoms with Crippen molar-refractivity contribution in [3.05, 3.63) is 36.5 Å². The van der Waals surface area contributed by atoms with E-state index in [1.54, 1.807) is 0 Å². The van der Waals surface area contributed by atoms with Crippen LogP contribution < -0.4 is 0 Å². The average molecular weight is 921 g/mol. The Bertz CT molecular complexity index is 1160. The zero-order valence-corrected chi connectivity index (χ0v) is 41.7. The molecule has 0 aromatic rings. The van der Waals surface area contributed by atoms with Crippen LogP contribution in [0.1, 0.15) is 245 Å². The van der Waals surface area contributed by atoms with Gasteiger partial charge in [0.15, 0.2) is 12.4 Å². The van der Waals surface area contributed by atoms with E-state index < -0.39 is 49.4 Å². The molecule has 1 saturated heterocycles. The first-order valence-corrected chi connectivity index (χ1v) is 27.1. The Hall–Kier alpha value is -2.08. The Morgan fingerprint density at radius 1 is 0.477 bits per heavy atom. The number of hydrogen-bond donors (Lipinski definition) is 4. The van der Waals surface area contributed by atoms with Gasteiger partial charge in [0, 0.05) is 12.8 Å². The van der Waals surface area contributed by atoms with Gasteiger partial charge in [-0.15, -0.1) is 0 Å². The van der Waals surface area contributed by atoms with Gasteiger partial charge in [0.2, 0.25) is 0 Å². The predicted molar refractivity (Wildman–Crippen MR) is 266 cm³/mol. The second-order valence-corrected chi connectivity index (χ2v) is 18.7. The number of ether oxygens (including phenoxy) is 4. The van der Waals surface area contributed by atoms with E-state index in [1.165, 1.54) is 161 Å². The third kappa shape index (κ3) is 36.6. The Morgan fingerprint density at radius 2 is 0.862 bits per heavy atom. The largest absolute Gasteiger partial charge is 0.462 e. The quantitative estimate of drug-likeness (QED) is 0.0264. The van der Waals surface area contributed by atoms with E-state index in [-0.39, 0.29) is 32.0 Å². The van der Waals surface area contributed by atoms with Crippen LogP contribution in [0.5, 0.6) is 0 Å². The minimum Gasteiger partial charge on any atom is -0.462 e. The van der Waals surface area contributed by atoms with Crippen LogP contribution in [0.4, 0.5) is 0 Å². The van der Waals surface area contributed by atoms with Crippen LogP contribution in [-0.4, -0.2) is 89.0 Å². The van der Waals surface area contributed by atoms with Crippen LogP contribution in [0.2, 0.25) is 0 Å². The van der Waals surface area contributed by atoms with Crippen molar-refractivity contribution in [2.75, 3.05) is 19.8 Å². The molecule has 1 heterocycles. The Morgan fingerprint density at radius 3 is 1.32 bits per heavy atom. The molecule has 1 aliphatic rings. The number of allylic oxidation sites excluding steroid dienone is 6. The van der Waals surface area contributed by atoms with Gasteiger partial charge in [-0.1, -0.05) is 198 Å². The van der Waals surface area contributed by atoms with Gasteiger partial charge in [-0.25, -0.2) is 0 Å². The van der Waals surface area contributed by atoms with E-state index in [0.717, 1.165) is 51.4 Å². The van der Waals surface area contributed by atoms with Gasteiger partial charge in [-0.3, -0.25) is 9.59 Å². The summed E-state index contributed by atoms with van der Waals surface area (Å²) in [6.45, 7) is 3.42. The molecule has 1 aliphatic heterocycles. The van der Waals surface area contributed by atoms with Crippen LogP contribution in [0.25, 0.3) is 0 Å². The number of aliphatic hydroxyl groups is 4. The second-order valence-electron chi connectivity index (χ2n) is 18.7. The van der Waals surface area contributed by atoms with Gasteiger partial charge in [0.1, 0.15) is 31.0 Å². The smallest absolute Gasteiger partial charge is 0.306 e. The maximum absolute atomic E-state index is 12.8. The van der Waals surface area contributed by atoms with Crippen LogP contribution >= 0.6 is 0 Å². The lowest BCUT2D eigenvalue weighted by Gasteiger charge is -2.39. The topological polar surface area (TPSA) is 152 Å². The third-order valence-corrected chi connectivity index (χ3v) is 12.5. The van der Waals surface area contributed by atoms with Gasteiger partial charge in [0.05, 0.1) is 13.2 Å². The summed E-state index contributed by atoms with van der Waals surface area (Å²) >= 11 is 0. The van der Waals surface area contributed by atoms with E-state index >= 15 is 0 Å². The molecule has 10 nitrogen and oxygen atoms in total. The highest BCUT2D eigenvalue weighted by atomic mass is 16.7. The molecule has 0 spiro atoms. The standard InChI is InChI=1S/C55H100O10/c1-3-5-7-9-11-13-15-17-19-21-22-23-24-25-26-28-29-31-33-35-37-39-41-43-50(57)62-46-48(47-63-55-54(61)53(60)52(59)49(45-56)65-55)64-51(58)44-42-40-38-36-34-32-30-27-20-18-16-14-12-10-8-6-4-2/h12,14,18,20-22,48-49,52-56,59-61H,3-11,13,15-17,19,23-47H2,1-2H3/b14-12-,20-18-,22-21-. The van der Waals surface area contributed by atoms with Crippen LogP contribution in [0.15, 0.2) is 36.5 Å².